The summed E-state index contributed by atoms with van der Waals surface area (Å²) in [4.78, 5) is 12.4. The molecule has 9 heteroatoms. The lowest BCUT2D eigenvalue weighted by Crippen LogP contribution is -2.24. The molecule has 0 aliphatic heterocycles. The number of carbonyl (C=O) groups excluding carboxylic acids is 1. The fraction of sp³-hybridized carbons (Fsp3) is 0.158. The molecule has 1 aromatic heterocycles. The molecule has 28 heavy (non-hydrogen) atoms. The SMILES string of the molecule is CCNS(=O)(=O)c1ccc(F)c(C(=O)Nc2ccnn2Cc2ccccc2)c1. The number of halogens is 1. The Morgan fingerprint density at radius 2 is 1.89 bits per heavy atom. The van der Waals surface area contributed by atoms with Gasteiger partial charge in [0, 0.05) is 12.6 Å². The molecule has 0 spiro atoms. The van der Waals surface area contributed by atoms with Crippen LogP contribution in [0.25, 0.3) is 0 Å². The molecular weight excluding hydrogens is 383 g/mol. The van der Waals surface area contributed by atoms with Gasteiger partial charge in [0.15, 0.2) is 0 Å². The Kier molecular flexibility index (Phi) is 5.86. The summed E-state index contributed by atoms with van der Waals surface area (Å²) in [6, 6.07) is 14.2. The molecule has 1 amide bonds. The Morgan fingerprint density at radius 1 is 1.14 bits per heavy atom. The monoisotopic (exact) mass is 402 g/mol. The van der Waals surface area contributed by atoms with Crippen molar-refractivity contribution in [2.24, 2.45) is 0 Å². The number of nitrogens with one attached hydrogen (secondary N) is 2. The standard InChI is InChI=1S/C19H19FN4O3S/c1-2-22-28(26,27)15-8-9-17(20)16(12-15)19(25)23-18-10-11-21-24(18)13-14-6-4-3-5-7-14/h3-12,22H,2,13H2,1H3,(H,23,25). The maximum absolute atomic E-state index is 14.2. The van der Waals surface area contributed by atoms with Crippen molar-refractivity contribution in [2.75, 3.05) is 11.9 Å². The second-order valence-corrected chi connectivity index (χ2v) is 7.72. The number of hydrogen-bond acceptors (Lipinski definition) is 4. The first-order chi connectivity index (χ1) is 13.4. The smallest absolute Gasteiger partial charge is 0.259 e. The fourth-order valence-electron chi connectivity index (χ4n) is 2.62. The van der Waals surface area contributed by atoms with E-state index >= 15 is 0 Å². The molecule has 0 saturated heterocycles. The first-order valence-electron chi connectivity index (χ1n) is 8.57. The first kappa shape index (κ1) is 19.7. The van der Waals surface area contributed by atoms with E-state index in [9.17, 15) is 17.6 Å². The Labute approximate surface area is 162 Å². The third-order valence-corrected chi connectivity index (χ3v) is 5.50. The fourth-order valence-corrected chi connectivity index (χ4v) is 3.69. The summed E-state index contributed by atoms with van der Waals surface area (Å²) in [7, 11) is -3.81. The predicted octanol–water partition coefficient (Wildman–Crippen LogP) is 2.62. The molecule has 146 valence electrons. The summed E-state index contributed by atoms with van der Waals surface area (Å²) >= 11 is 0. The lowest BCUT2D eigenvalue weighted by atomic mass is 10.2. The molecule has 0 bridgehead atoms. The van der Waals surface area contributed by atoms with Crippen molar-refractivity contribution in [3.63, 3.8) is 0 Å². The Balaban J connectivity index is 1.84. The first-order valence-corrected chi connectivity index (χ1v) is 10.1. The van der Waals surface area contributed by atoms with Crippen LogP contribution >= 0.6 is 0 Å². The molecule has 3 aromatic rings. The van der Waals surface area contributed by atoms with Crippen molar-refractivity contribution in [3.05, 3.63) is 77.7 Å². The summed E-state index contributed by atoms with van der Waals surface area (Å²) in [5.41, 5.74) is 0.609. The summed E-state index contributed by atoms with van der Waals surface area (Å²) in [5, 5.41) is 6.75. The van der Waals surface area contributed by atoms with Gasteiger partial charge in [-0.1, -0.05) is 37.3 Å². The van der Waals surface area contributed by atoms with E-state index in [0.717, 1.165) is 23.8 Å². The van der Waals surface area contributed by atoms with Crippen LogP contribution in [0, 0.1) is 5.82 Å². The van der Waals surface area contributed by atoms with Gasteiger partial charge in [0.05, 0.1) is 23.2 Å². The number of hydrogen-bond donors (Lipinski definition) is 2. The summed E-state index contributed by atoms with van der Waals surface area (Å²) in [6.07, 6.45) is 1.51. The number of sulfonamides is 1. The third-order valence-electron chi connectivity index (χ3n) is 3.96. The number of aromatic nitrogens is 2. The molecule has 0 saturated carbocycles. The van der Waals surface area contributed by atoms with E-state index in [0.29, 0.717) is 12.4 Å². The normalized spacial score (nSPS) is 11.4. The van der Waals surface area contributed by atoms with E-state index in [1.807, 2.05) is 30.3 Å². The Morgan fingerprint density at radius 3 is 2.61 bits per heavy atom. The minimum absolute atomic E-state index is 0.180. The van der Waals surface area contributed by atoms with Gasteiger partial charge in [0.1, 0.15) is 11.6 Å². The summed E-state index contributed by atoms with van der Waals surface area (Å²) in [6.45, 7) is 2.23. The number of amides is 1. The highest BCUT2D eigenvalue weighted by molar-refractivity contribution is 7.89. The number of nitrogens with zero attached hydrogens (tertiary/aromatic N) is 2. The van der Waals surface area contributed by atoms with Crippen LogP contribution in [0.3, 0.4) is 0 Å². The number of rotatable bonds is 7. The maximum Gasteiger partial charge on any atom is 0.259 e. The highest BCUT2D eigenvalue weighted by atomic mass is 32.2. The maximum atomic E-state index is 14.2. The van der Waals surface area contributed by atoms with Crippen molar-refractivity contribution in [3.8, 4) is 0 Å². The molecule has 2 aromatic carbocycles. The number of carbonyl (C=O) groups is 1. The highest BCUT2D eigenvalue weighted by Gasteiger charge is 2.20. The topological polar surface area (TPSA) is 93.1 Å². The quantitative estimate of drug-likeness (QED) is 0.635. The lowest BCUT2D eigenvalue weighted by molar-refractivity contribution is 0.102. The van der Waals surface area contributed by atoms with Gasteiger partial charge < -0.3 is 5.32 Å². The lowest BCUT2D eigenvalue weighted by Gasteiger charge is -2.11. The largest absolute Gasteiger partial charge is 0.307 e. The van der Waals surface area contributed by atoms with E-state index in [2.05, 4.69) is 15.1 Å². The molecule has 2 N–H and O–H groups in total. The predicted molar refractivity (Wildman–Crippen MR) is 103 cm³/mol. The van der Waals surface area contributed by atoms with Crippen LogP contribution in [0.4, 0.5) is 10.2 Å². The van der Waals surface area contributed by atoms with Crippen molar-refractivity contribution in [1.82, 2.24) is 14.5 Å². The van der Waals surface area contributed by atoms with Gasteiger partial charge in [-0.15, -0.1) is 0 Å². The minimum atomic E-state index is -3.81. The Bertz CT molecular complexity index is 1080. The van der Waals surface area contributed by atoms with Crippen molar-refractivity contribution in [1.29, 1.82) is 0 Å². The molecule has 0 atom stereocenters. The van der Waals surface area contributed by atoms with Crippen molar-refractivity contribution in [2.45, 2.75) is 18.4 Å². The van der Waals surface area contributed by atoms with Crippen molar-refractivity contribution >= 4 is 21.7 Å². The van der Waals surface area contributed by atoms with Gasteiger partial charge >= 0.3 is 0 Å². The molecular formula is C19H19FN4O3S. The van der Waals surface area contributed by atoms with E-state index in [4.69, 9.17) is 0 Å². The van der Waals surface area contributed by atoms with Gasteiger partial charge in [-0.2, -0.15) is 5.10 Å². The van der Waals surface area contributed by atoms with Crippen LogP contribution in [0.5, 0.6) is 0 Å². The second kappa shape index (κ2) is 8.32. The van der Waals surface area contributed by atoms with E-state index in [1.54, 1.807) is 17.7 Å². The Hall–Kier alpha value is -3.04. The van der Waals surface area contributed by atoms with Crippen LogP contribution in [-0.4, -0.2) is 30.7 Å². The third kappa shape index (κ3) is 4.44. The number of anilines is 1. The van der Waals surface area contributed by atoms with E-state index in [-0.39, 0.29) is 17.0 Å². The molecule has 0 radical (unpaired) electrons. The molecule has 0 aliphatic carbocycles. The van der Waals surface area contributed by atoms with Crippen LogP contribution in [0.1, 0.15) is 22.8 Å². The molecule has 0 aliphatic rings. The van der Waals surface area contributed by atoms with Crippen LogP contribution < -0.4 is 10.0 Å². The zero-order valence-corrected chi connectivity index (χ0v) is 15.9. The summed E-state index contributed by atoms with van der Waals surface area (Å²) < 4.78 is 42.3. The van der Waals surface area contributed by atoms with Gasteiger partial charge in [-0.05, 0) is 23.8 Å². The molecule has 0 fully saturated rings. The minimum Gasteiger partial charge on any atom is -0.307 e. The average molecular weight is 402 g/mol. The molecule has 1 heterocycles. The van der Waals surface area contributed by atoms with Gasteiger partial charge in [0.2, 0.25) is 10.0 Å². The van der Waals surface area contributed by atoms with E-state index < -0.39 is 21.7 Å². The average Bonchev–Trinajstić information content (AvgIpc) is 3.09. The van der Waals surface area contributed by atoms with Crippen LogP contribution in [0.15, 0.2) is 65.7 Å². The summed E-state index contributed by atoms with van der Waals surface area (Å²) in [5.74, 6) is -1.21. The van der Waals surface area contributed by atoms with Crippen LogP contribution in [0.2, 0.25) is 0 Å². The van der Waals surface area contributed by atoms with Gasteiger partial charge in [-0.3, -0.25) is 4.79 Å². The zero-order valence-electron chi connectivity index (χ0n) is 15.1. The molecule has 7 nitrogen and oxygen atoms in total. The van der Waals surface area contributed by atoms with E-state index in [1.165, 1.54) is 6.20 Å². The molecule has 3 rings (SSSR count). The number of benzene rings is 2. The van der Waals surface area contributed by atoms with Crippen LogP contribution in [-0.2, 0) is 16.6 Å². The highest BCUT2D eigenvalue weighted by Crippen LogP contribution is 2.18. The van der Waals surface area contributed by atoms with Gasteiger partial charge in [-0.25, -0.2) is 22.2 Å². The van der Waals surface area contributed by atoms with Crippen molar-refractivity contribution < 1.29 is 17.6 Å². The molecule has 0 unspecified atom stereocenters. The second-order valence-electron chi connectivity index (χ2n) is 5.96. The zero-order chi connectivity index (χ0) is 20.1. The van der Waals surface area contributed by atoms with Gasteiger partial charge in [0.25, 0.3) is 5.91 Å².